The molecule has 6 heavy (non-hydrogen) atoms. The van der Waals surface area contributed by atoms with Crippen molar-refractivity contribution in [3.05, 3.63) is 0 Å². The van der Waals surface area contributed by atoms with Crippen LogP contribution in [-0.2, 0) is 4.79 Å². The highest BCUT2D eigenvalue weighted by atomic mass is 27.0. The first-order chi connectivity index (χ1) is 2.64. The molecular formula is C2H4AlNO2. The van der Waals surface area contributed by atoms with E-state index in [2.05, 4.69) is 0 Å². The molecule has 4 heteroatoms. The van der Waals surface area contributed by atoms with E-state index >= 15 is 0 Å². The fourth-order valence-electron chi connectivity index (χ4n) is 0. The first-order valence-electron chi connectivity index (χ1n) is 1.38. The van der Waals surface area contributed by atoms with Gasteiger partial charge in [-0.1, -0.05) is 0 Å². The predicted molar refractivity (Wildman–Crippen MR) is 21.4 cm³/mol. The van der Waals surface area contributed by atoms with Crippen LogP contribution in [0.5, 0.6) is 0 Å². The van der Waals surface area contributed by atoms with E-state index in [-0.39, 0.29) is 0 Å². The van der Waals surface area contributed by atoms with E-state index in [1.165, 1.54) is 0 Å². The van der Waals surface area contributed by atoms with Gasteiger partial charge >= 0.3 is 5.97 Å². The van der Waals surface area contributed by atoms with Crippen LogP contribution < -0.4 is 5.73 Å². The van der Waals surface area contributed by atoms with E-state index in [9.17, 15) is 4.79 Å². The molecule has 32 valence electrons. The van der Waals surface area contributed by atoms with Gasteiger partial charge in [0.1, 0.15) is 0 Å². The van der Waals surface area contributed by atoms with E-state index < -0.39 is 10.9 Å². The largest absolute Gasteiger partial charge is 0.481 e. The summed E-state index contributed by atoms with van der Waals surface area (Å²) in [7, 11) is 0. The minimum absolute atomic E-state index is 0.815. The number of rotatable bonds is 1. The lowest BCUT2D eigenvalue weighted by molar-refractivity contribution is -0.136. The maximum absolute atomic E-state index is 9.55. The summed E-state index contributed by atoms with van der Waals surface area (Å²) in [6.45, 7) is 0. The minimum atomic E-state index is -1.000. The van der Waals surface area contributed by atoms with Gasteiger partial charge in [-0.05, 0) is 0 Å². The fourth-order valence-corrected chi connectivity index (χ4v) is 0. The van der Waals surface area contributed by atoms with Crippen LogP contribution in [0.25, 0.3) is 0 Å². The molecular weight excluding hydrogens is 97.0 g/mol. The monoisotopic (exact) mass is 101 g/mol. The second-order valence-electron chi connectivity index (χ2n) is 0.864. The van der Waals surface area contributed by atoms with Gasteiger partial charge < -0.3 is 10.8 Å². The summed E-state index contributed by atoms with van der Waals surface area (Å²) < 4.78 is 0. The van der Waals surface area contributed by atoms with Crippen molar-refractivity contribution in [2.24, 2.45) is 5.73 Å². The second kappa shape index (κ2) is 2.19. The third-order valence-electron chi connectivity index (χ3n) is 0.285. The van der Waals surface area contributed by atoms with Crippen molar-refractivity contribution in [3.63, 3.8) is 0 Å². The summed E-state index contributed by atoms with van der Waals surface area (Å²) in [6.07, 6.45) is 0. The van der Waals surface area contributed by atoms with Crippen LogP contribution in [0, 0.1) is 0 Å². The molecule has 2 radical (unpaired) electrons. The Balaban J connectivity index is 3.26. The SMILES string of the molecule is N[CH]([Al])C(=O)O. The zero-order valence-electron chi connectivity index (χ0n) is 3.09. The number of carboxylic acid groups (broad SMARTS) is 1. The number of carboxylic acids is 1. The van der Waals surface area contributed by atoms with Gasteiger partial charge in [-0.25, -0.2) is 0 Å². The van der Waals surface area contributed by atoms with Gasteiger partial charge in [0.05, 0.1) is 0 Å². The smallest absolute Gasteiger partial charge is 0.303 e. The molecule has 0 aromatic heterocycles. The summed E-state index contributed by atoms with van der Waals surface area (Å²) >= 11 is 1.95. The minimum Gasteiger partial charge on any atom is -0.481 e. The molecule has 1 unspecified atom stereocenters. The molecule has 0 aliphatic carbocycles. The van der Waals surface area contributed by atoms with Crippen molar-refractivity contribution in [2.45, 2.75) is 4.90 Å². The summed E-state index contributed by atoms with van der Waals surface area (Å²) in [5.74, 6) is -1.000. The molecule has 0 aromatic rings. The van der Waals surface area contributed by atoms with Gasteiger partial charge in [-0.3, -0.25) is 4.79 Å². The highest BCUT2D eigenvalue weighted by Crippen LogP contribution is 1.61. The van der Waals surface area contributed by atoms with Crippen molar-refractivity contribution in [2.75, 3.05) is 0 Å². The van der Waals surface area contributed by atoms with E-state index in [1.54, 1.807) is 0 Å². The average molecular weight is 101 g/mol. The van der Waals surface area contributed by atoms with Crippen molar-refractivity contribution in [1.82, 2.24) is 0 Å². The molecule has 0 fully saturated rings. The molecule has 3 nitrogen and oxygen atoms in total. The first-order valence-corrected chi connectivity index (χ1v) is 2.05. The predicted octanol–water partition coefficient (Wildman–Crippen LogP) is -1.48. The molecule has 0 aliphatic rings. The molecule has 1 atom stereocenters. The zero-order chi connectivity index (χ0) is 5.15. The van der Waals surface area contributed by atoms with E-state index in [1.807, 2.05) is 16.3 Å². The normalized spacial score (nSPS) is 13.5. The Kier molecular flexibility index (Phi) is 2.18. The maximum atomic E-state index is 9.55. The molecule has 0 spiro atoms. The Bertz CT molecular complexity index is 62.6. The topological polar surface area (TPSA) is 63.3 Å². The van der Waals surface area contributed by atoms with Crippen LogP contribution in [0.15, 0.2) is 0 Å². The van der Waals surface area contributed by atoms with Crippen molar-refractivity contribution in [1.29, 1.82) is 0 Å². The van der Waals surface area contributed by atoms with Crippen molar-refractivity contribution < 1.29 is 9.90 Å². The van der Waals surface area contributed by atoms with Gasteiger partial charge in [-0.2, -0.15) is 0 Å². The highest BCUT2D eigenvalue weighted by Gasteiger charge is 1.98. The fraction of sp³-hybridized carbons (Fsp3) is 0.500. The molecule has 0 heterocycles. The van der Waals surface area contributed by atoms with Crippen LogP contribution in [-0.4, -0.2) is 32.3 Å². The molecule has 0 saturated heterocycles. The number of carbonyl (C=O) groups is 1. The molecule has 0 aliphatic heterocycles. The Labute approximate surface area is 43.6 Å². The van der Waals surface area contributed by atoms with Crippen molar-refractivity contribution >= 4 is 22.3 Å². The quantitative estimate of drug-likeness (QED) is 0.396. The van der Waals surface area contributed by atoms with Crippen LogP contribution in [0.3, 0.4) is 0 Å². The van der Waals surface area contributed by atoms with E-state index in [0.717, 1.165) is 0 Å². The van der Waals surface area contributed by atoms with Gasteiger partial charge in [0.15, 0.2) is 16.3 Å². The summed E-state index contributed by atoms with van der Waals surface area (Å²) in [6, 6.07) is 0. The average Bonchev–Trinajstić information content (AvgIpc) is 1.36. The highest BCUT2D eigenvalue weighted by molar-refractivity contribution is 6.22. The molecule has 3 N–H and O–H groups in total. The third-order valence-corrected chi connectivity index (χ3v) is 0.570. The molecule has 0 saturated carbocycles. The summed E-state index contributed by atoms with van der Waals surface area (Å²) in [4.78, 5) is 8.74. The van der Waals surface area contributed by atoms with Gasteiger partial charge in [0.25, 0.3) is 0 Å². The zero-order valence-corrected chi connectivity index (χ0v) is 4.24. The van der Waals surface area contributed by atoms with Crippen LogP contribution in [0.2, 0.25) is 0 Å². The van der Waals surface area contributed by atoms with E-state index in [4.69, 9.17) is 10.8 Å². The Morgan fingerprint density at radius 1 is 2.00 bits per heavy atom. The Morgan fingerprint density at radius 3 is 2.17 bits per heavy atom. The standard InChI is InChI=1S/C2H4NO2.Al/c3-1-2(4)5;/h1H,3H2,(H,4,5);. The Morgan fingerprint density at radius 2 is 2.17 bits per heavy atom. The van der Waals surface area contributed by atoms with Gasteiger partial charge in [0, 0.05) is 4.90 Å². The lowest BCUT2D eigenvalue weighted by Crippen LogP contribution is -2.29. The number of hydrogen-bond donors (Lipinski definition) is 2. The number of hydrogen-bond acceptors (Lipinski definition) is 2. The van der Waals surface area contributed by atoms with Gasteiger partial charge in [-0.15, -0.1) is 0 Å². The first kappa shape index (κ1) is 5.96. The molecule has 0 amide bonds. The van der Waals surface area contributed by atoms with Gasteiger partial charge in [0.2, 0.25) is 0 Å². The Hall–Kier alpha value is -0.0375. The van der Waals surface area contributed by atoms with Crippen LogP contribution in [0.1, 0.15) is 0 Å². The number of nitrogens with two attached hydrogens (primary N) is 1. The lowest BCUT2D eigenvalue weighted by Gasteiger charge is -1.91. The second-order valence-corrected chi connectivity index (χ2v) is 1.58. The van der Waals surface area contributed by atoms with Crippen LogP contribution in [0.4, 0.5) is 0 Å². The maximum Gasteiger partial charge on any atom is 0.303 e. The van der Waals surface area contributed by atoms with E-state index in [0.29, 0.717) is 0 Å². The number of aliphatic carboxylic acids is 1. The molecule has 0 aromatic carbocycles. The third kappa shape index (κ3) is 2.21. The molecule has 0 bridgehead atoms. The lowest BCUT2D eigenvalue weighted by atomic mass is 10.7. The van der Waals surface area contributed by atoms with Crippen molar-refractivity contribution in [3.8, 4) is 0 Å². The summed E-state index contributed by atoms with van der Waals surface area (Å²) in [5.41, 5.74) is 4.80. The van der Waals surface area contributed by atoms with Crippen LogP contribution >= 0.6 is 0 Å². The summed E-state index contributed by atoms with van der Waals surface area (Å²) in [5, 5.41) is 7.84. The molecule has 0 rings (SSSR count).